The Balaban J connectivity index is 5.23. The summed E-state index contributed by atoms with van der Waals surface area (Å²) in [6.07, 6.45) is 37.5. The number of carbonyl (C=O) groups excluding carboxylic acids is 4. The number of phosphoric ester groups is 2. The van der Waals surface area contributed by atoms with Gasteiger partial charge in [0, 0.05) is 25.7 Å². The van der Waals surface area contributed by atoms with Gasteiger partial charge in [-0.1, -0.05) is 253 Å². The topological polar surface area (TPSA) is 237 Å². The van der Waals surface area contributed by atoms with Crippen LogP contribution in [0.5, 0.6) is 0 Å². The van der Waals surface area contributed by atoms with Crippen molar-refractivity contribution >= 4 is 39.5 Å². The third-order valence-electron chi connectivity index (χ3n) is 14.0. The molecule has 0 aromatic heterocycles. The van der Waals surface area contributed by atoms with E-state index in [4.69, 9.17) is 37.0 Å². The summed E-state index contributed by atoms with van der Waals surface area (Å²) in [6, 6.07) is 0. The number of unbranched alkanes of at least 4 members (excludes halogenated alkanes) is 33. The van der Waals surface area contributed by atoms with E-state index < -0.39 is 97.5 Å². The first-order valence-electron chi connectivity index (χ1n) is 32.1. The van der Waals surface area contributed by atoms with Crippen LogP contribution < -0.4 is 0 Å². The van der Waals surface area contributed by atoms with E-state index in [2.05, 4.69) is 34.6 Å². The van der Waals surface area contributed by atoms with E-state index in [1.54, 1.807) is 0 Å². The third kappa shape index (κ3) is 55.3. The summed E-state index contributed by atoms with van der Waals surface area (Å²) in [5.41, 5.74) is 0. The molecule has 0 bridgehead atoms. The molecule has 0 heterocycles. The van der Waals surface area contributed by atoms with Crippen molar-refractivity contribution in [3.05, 3.63) is 0 Å². The number of ether oxygens (including phenoxy) is 4. The van der Waals surface area contributed by atoms with E-state index in [-0.39, 0.29) is 25.7 Å². The molecular weight excluding hydrogens is 1070 g/mol. The number of rotatable bonds is 61. The van der Waals surface area contributed by atoms with Gasteiger partial charge in [-0.3, -0.25) is 37.3 Å². The predicted octanol–water partition coefficient (Wildman–Crippen LogP) is 16.6. The second kappa shape index (κ2) is 55.0. The SMILES string of the molecule is CCCCCCCCCCCCCC(=O)OC[C@H](COP(=O)(O)OC[C@@H](O)COP(=O)(O)OC[C@@H](COC(=O)CCCCCCCCCCC)OC(=O)CCCCCCCCCCC)OC(=O)CCCCCCCCCCC(C)C. The van der Waals surface area contributed by atoms with Crippen LogP contribution in [0, 0.1) is 5.92 Å². The quantitative estimate of drug-likeness (QED) is 0.0222. The molecular formula is C61H118O17P2. The largest absolute Gasteiger partial charge is 0.472 e. The van der Waals surface area contributed by atoms with Gasteiger partial charge in [-0.25, -0.2) is 9.13 Å². The van der Waals surface area contributed by atoms with Gasteiger partial charge in [0.15, 0.2) is 12.2 Å². The molecule has 0 aliphatic carbocycles. The number of aliphatic hydroxyl groups is 1. The number of phosphoric acid groups is 2. The summed E-state index contributed by atoms with van der Waals surface area (Å²) in [5.74, 6) is -1.42. The molecule has 0 spiro atoms. The highest BCUT2D eigenvalue weighted by Gasteiger charge is 2.30. The number of esters is 4. The summed E-state index contributed by atoms with van der Waals surface area (Å²) in [6.45, 7) is 7.10. The molecule has 0 aromatic carbocycles. The molecule has 0 rings (SSSR count). The fourth-order valence-corrected chi connectivity index (χ4v) is 10.6. The van der Waals surface area contributed by atoms with Crippen LogP contribution in [-0.2, 0) is 65.4 Å². The van der Waals surface area contributed by atoms with Crippen LogP contribution in [0.3, 0.4) is 0 Å². The first-order chi connectivity index (χ1) is 38.5. The number of hydrogen-bond donors (Lipinski definition) is 3. The molecule has 0 amide bonds. The zero-order chi connectivity index (χ0) is 59.2. The van der Waals surface area contributed by atoms with E-state index in [1.165, 1.54) is 128 Å². The summed E-state index contributed by atoms with van der Waals surface area (Å²) < 4.78 is 67.8. The van der Waals surface area contributed by atoms with Gasteiger partial charge >= 0.3 is 39.5 Å². The molecule has 3 N–H and O–H groups in total. The van der Waals surface area contributed by atoms with Crippen molar-refractivity contribution in [1.29, 1.82) is 0 Å². The highest BCUT2D eigenvalue weighted by molar-refractivity contribution is 7.47. The number of carbonyl (C=O) groups is 4. The van der Waals surface area contributed by atoms with E-state index in [1.807, 2.05) is 0 Å². The number of aliphatic hydroxyl groups excluding tert-OH is 1. The maximum atomic E-state index is 12.9. The van der Waals surface area contributed by atoms with Gasteiger partial charge in [0.1, 0.15) is 19.3 Å². The molecule has 0 aliphatic heterocycles. The summed E-state index contributed by atoms with van der Waals surface area (Å²) in [4.78, 5) is 72.0. The fraction of sp³-hybridized carbons (Fsp3) is 0.934. The zero-order valence-electron chi connectivity index (χ0n) is 51.2. The first kappa shape index (κ1) is 78.1. The Kier molecular flexibility index (Phi) is 53.6. The van der Waals surface area contributed by atoms with Crippen LogP contribution in [0.2, 0.25) is 0 Å². The van der Waals surface area contributed by atoms with Gasteiger partial charge in [0.05, 0.1) is 26.4 Å². The Bertz CT molecular complexity index is 1570. The first-order valence-corrected chi connectivity index (χ1v) is 35.1. The van der Waals surface area contributed by atoms with Crippen LogP contribution in [0.1, 0.15) is 304 Å². The lowest BCUT2D eigenvalue weighted by Gasteiger charge is -2.21. The molecule has 17 nitrogen and oxygen atoms in total. The lowest BCUT2D eigenvalue weighted by atomic mass is 10.0. The highest BCUT2D eigenvalue weighted by Crippen LogP contribution is 2.45. The summed E-state index contributed by atoms with van der Waals surface area (Å²) >= 11 is 0. The van der Waals surface area contributed by atoms with E-state index in [0.717, 1.165) is 95.8 Å². The Labute approximate surface area is 486 Å². The minimum Gasteiger partial charge on any atom is -0.462 e. The van der Waals surface area contributed by atoms with Crippen molar-refractivity contribution in [1.82, 2.24) is 0 Å². The second-order valence-corrected chi connectivity index (χ2v) is 25.5. The monoisotopic (exact) mass is 1180 g/mol. The number of hydrogen-bond acceptors (Lipinski definition) is 15. The molecule has 474 valence electrons. The van der Waals surface area contributed by atoms with Crippen molar-refractivity contribution in [2.75, 3.05) is 39.6 Å². The molecule has 19 heteroatoms. The summed E-state index contributed by atoms with van der Waals surface area (Å²) in [5, 5.41) is 10.5. The minimum absolute atomic E-state index is 0.105. The van der Waals surface area contributed by atoms with Gasteiger partial charge in [-0.15, -0.1) is 0 Å². The van der Waals surface area contributed by atoms with Crippen LogP contribution in [0.15, 0.2) is 0 Å². The summed E-state index contributed by atoms with van der Waals surface area (Å²) in [7, 11) is -9.87. The average Bonchev–Trinajstić information content (AvgIpc) is 3.42. The maximum absolute atomic E-state index is 12.9. The Morgan fingerprint density at radius 2 is 0.575 bits per heavy atom. The molecule has 2 unspecified atom stereocenters. The van der Waals surface area contributed by atoms with Crippen molar-refractivity contribution in [3.63, 3.8) is 0 Å². The average molecular weight is 1190 g/mol. The molecule has 5 atom stereocenters. The lowest BCUT2D eigenvalue weighted by molar-refractivity contribution is -0.161. The molecule has 80 heavy (non-hydrogen) atoms. The van der Waals surface area contributed by atoms with Gasteiger partial charge in [0.2, 0.25) is 0 Å². The molecule has 0 aromatic rings. The standard InChI is InChI=1S/C61H118O17P2/c1-6-9-12-15-18-21-22-25-30-35-40-45-59(64)72-51-57(78-61(66)47-42-37-32-27-26-28-33-38-43-54(4)5)53-76-80(69,70)74-49-55(62)48-73-79(67,68)75-52-56(77-60(65)46-41-36-31-24-20-17-14-11-8-3)50-71-58(63)44-39-34-29-23-19-16-13-10-7-2/h54-57,62H,6-53H2,1-5H3,(H,67,68)(H,69,70)/t55-,56+,57+/m0/s1. The Morgan fingerprint density at radius 3 is 0.850 bits per heavy atom. The second-order valence-electron chi connectivity index (χ2n) is 22.6. The zero-order valence-corrected chi connectivity index (χ0v) is 53.0. The van der Waals surface area contributed by atoms with Crippen LogP contribution in [0.4, 0.5) is 0 Å². The molecule has 0 saturated heterocycles. The Morgan fingerprint density at radius 1 is 0.338 bits per heavy atom. The molecule has 0 saturated carbocycles. The van der Waals surface area contributed by atoms with Crippen molar-refractivity contribution in [3.8, 4) is 0 Å². The smallest absolute Gasteiger partial charge is 0.462 e. The maximum Gasteiger partial charge on any atom is 0.472 e. The van der Waals surface area contributed by atoms with Crippen LogP contribution >= 0.6 is 15.6 Å². The molecule has 0 aliphatic rings. The predicted molar refractivity (Wildman–Crippen MR) is 317 cm³/mol. The fourth-order valence-electron chi connectivity index (χ4n) is 9.05. The van der Waals surface area contributed by atoms with Crippen molar-refractivity contribution < 1.29 is 80.2 Å². The van der Waals surface area contributed by atoms with Gasteiger partial charge in [-0.05, 0) is 31.6 Å². The lowest BCUT2D eigenvalue weighted by Crippen LogP contribution is -2.30. The third-order valence-corrected chi connectivity index (χ3v) is 15.9. The highest BCUT2D eigenvalue weighted by atomic mass is 31.2. The van der Waals surface area contributed by atoms with E-state index in [0.29, 0.717) is 25.7 Å². The van der Waals surface area contributed by atoms with E-state index >= 15 is 0 Å². The van der Waals surface area contributed by atoms with Gasteiger partial charge in [0.25, 0.3) is 0 Å². The van der Waals surface area contributed by atoms with Gasteiger partial charge < -0.3 is 33.8 Å². The normalized spacial score (nSPS) is 14.3. The Hall–Kier alpha value is -1.94. The molecule has 0 fully saturated rings. The van der Waals surface area contributed by atoms with E-state index in [9.17, 15) is 43.2 Å². The van der Waals surface area contributed by atoms with Crippen LogP contribution in [-0.4, -0.2) is 96.7 Å². The van der Waals surface area contributed by atoms with Gasteiger partial charge in [-0.2, -0.15) is 0 Å². The van der Waals surface area contributed by atoms with Crippen molar-refractivity contribution in [2.45, 2.75) is 323 Å². The van der Waals surface area contributed by atoms with Crippen LogP contribution in [0.25, 0.3) is 0 Å². The van der Waals surface area contributed by atoms with Crippen molar-refractivity contribution in [2.24, 2.45) is 5.92 Å². The minimum atomic E-state index is -4.94. The molecule has 0 radical (unpaired) electrons.